The number of likely N-dealkylation sites (tertiary alicyclic amines) is 3. The van der Waals surface area contributed by atoms with Gasteiger partial charge in [-0.3, -0.25) is 0 Å². The summed E-state index contributed by atoms with van der Waals surface area (Å²) in [4.78, 5) is 59.3. The molecule has 5 rings (SSSR count). The van der Waals surface area contributed by atoms with E-state index in [4.69, 9.17) is 53.8 Å². The predicted octanol–water partition coefficient (Wildman–Crippen LogP) is 10.3. The summed E-state index contributed by atoms with van der Waals surface area (Å²) in [5.41, 5.74) is 4.32. The van der Waals surface area contributed by atoms with Crippen LogP contribution in [0, 0.1) is 17.2 Å². The third-order valence-corrected chi connectivity index (χ3v) is 11.6. The number of ether oxygens (including phenoxy) is 3. The molecule has 5 heterocycles. The van der Waals surface area contributed by atoms with E-state index >= 15 is 0 Å². The molecule has 15 nitrogen and oxygen atoms in total. The Balaban J connectivity index is 0.000000828. The number of carbonyl (C=O) groups is 4. The number of amides is 3. The number of piperidine rings is 3. The van der Waals surface area contributed by atoms with Gasteiger partial charge < -0.3 is 39.4 Å². The summed E-state index contributed by atoms with van der Waals surface area (Å²) >= 11 is 19.8. The fourth-order valence-electron chi connectivity index (χ4n) is 5.84. The standard InChI is InChI=1S/C13H19BrN2O2S.C13H20N2O2S.C11H20N2O2S.C2H3ClO.C2H3N.BHNS/c1-13(2,3)18-12(17)16-6-4-9(5-7-16)11-15-8-10(14)19-11;1-13(2,3)17-12(16)15-7-4-10(5-8-15)11-14-6-9-18-11;1-11(2,3)15-10(14)13-6-4-8(5-7-13)9(12)16;3-1-2-4;2*1-2-3/h8-9H,4-7H2,1-3H3;6,9-10H,4-5,7-8H2,1-3H3;8H,4-7H2,1-3H3,(H2,12,16);2H,1H2;1H3;3H. The second-order valence-electron chi connectivity index (χ2n) is 17.2. The van der Waals surface area contributed by atoms with Crippen molar-refractivity contribution in [2.75, 3.05) is 45.1 Å². The van der Waals surface area contributed by atoms with Crippen LogP contribution in [0.2, 0.25) is 0 Å². The van der Waals surface area contributed by atoms with Gasteiger partial charge in [-0.2, -0.15) is 5.26 Å². The maximum atomic E-state index is 11.9. The van der Waals surface area contributed by atoms with E-state index in [-0.39, 0.29) is 30.1 Å². The molecule has 0 atom stereocenters. The van der Waals surface area contributed by atoms with Gasteiger partial charge in [-0.25, -0.2) is 24.4 Å². The van der Waals surface area contributed by atoms with E-state index < -0.39 is 16.8 Å². The van der Waals surface area contributed by atoms with Crippen LogP contribution in [0.3, 0.4) is 0 Å². The number of thiazole rings is 2. The number of aldehydes is 1. The molecule has 0 aromatic carbocycles. The van der Waals surface area contributed by atoms with Crippen molar-refractivity contribution >= 4 is 112 Å². The van der Waals surface area contributed by atoms with Crippen molar-refractivity contribution in [2.45, 2.75) is 136 Å². The molecule has 0 spiro atoms. The van der Waals surface area contributed by atoms with Crippen molar-refractivity contribution in [2.24, 2.45) is 16.0 Å². The normalized spacial score (nSPS) is 15.8. The van der Waals surface area contributed by atoms with Gasteiger partial charge in [-0.15, -0.1) is 34.3 Å². The maximum absolute atomic E-state index is 11.9. The molecule has 1 radical (unpaired) electrons. The average molecular weight is 1040 g/mol. The average Bonchev–Trinajstić information content (AvgIpc) is 3.90. The zero-order chi connectivity index (χ0) is 48.4. The van der Waals surface area contributed by atoms with Crippen LogP contribution >= 0.6 is 75.2 Å². The number of rotatable bonds is 4. The van der Waals surface area contributed by atoms with Crippen LogP contribution in [0.25, 0.3) is 0 Å². The van der Waals surface area contributed by atoms with Crippen molar-refractivity contribution in [1.29, 1.82) is 5.26 Å². The molecule has 353 valence electrons. The molecule has 2 N–H and O–H groups in total. The van der Waals surface area contributed by atoms with Crippen molar-refractivity contribution in [3.63, 3.8) is 0 Å². The Bertz CT molecular complexity index is 1700. The van der Waals surface area contributed by atoms with Gasteiger partial charge in [-0.05, 0) is 117 Å². The fourth-order valence-corrected chi connectivity index (χ4v) is 8.30. The molecule has 63 heavy (non-hydrogen) atoms. The molecule has 3 fully saturated rings. The topological polar surface area (TPSA) is 194 Å². The Hall–Kier alpha value is -2.90. The van der Waals surface area contributed by atoms with E-state index in [1.54, 1.807) is 43.4 Å². The van der Waals surface area contributed by atoms with Gasteiger partial charge in [0.05, 0.1) is 36.9 Å². The third-order valence-electron chi connectivity index (χ3n) is 8.55. The zero-order valence-electron chi connectivity index (χ0n) is 38.3. The Morgan fingerprint density at radius 3 is 1.46 bits per heavy atom. The van der Waals surface area contributed by atoms with Crippen LogP contribution in [0.5, 0.6) is 0 Å². The van der Waals surface area contributed by atoms with Gasteiger partial charge >= 0.3 is 43.0 Å². The number of thiol groups is 1. The number of hydrogen-bond acceptors (Lipinski definition) is 15. The number of halogens is 2. The Kier molecular flexibility index (Phi) is 29.7. The molecule has 0 saturated carbocycles. The van der Waals surface area contributed by atoms with Crippen molar-refractivity contribution < 1.29 is 33.4 Å². The number of aromatic nitrogens is 2. The quantitative estimate of drug-likeness (QED) is 0.0736. The van der Waals surface area contributed by atoms with E-state index in [1.165, 1.54) is 11.9 Å². The number of nitriles is 1. The number of alkyl halides is 1. The first-order chi connectivity index (χ1) is 29.3. The molecular formula is C41H66BBrClN8O7S4. The predicted molar refractivity (Wildman–Crippen MR) is 264 cm³/mol. The van der Waals surface area contributed by atoms with E-state index in [0.717, 1.165) is 73.5 Å². The molecule has 22 heteroatoms. The van der Waals surface area contributed by atoms with Crippen LogP contribution in [-0.4, -0.2) is 124 Å². The summed E-state index contributed by atoms with van der Waals surface area (Å²) in [6, 6.07) is 1.75. The first-order valence-corrected chi connectivity index (χ1v) is 24.3. The summed E-state index contributed by atoms with van der Waals surface area (Å²) in [5.74, 6) is 1.35. The summed E-state index contributed by atoms with van der Waals surface area (Å²) in [5, 5.41) is 11.7. The first kappa shape index (κ1) is 60.1. The van der Waals surface area contributed by atoms with Crippen LogP contribution < -0.4 is 5.73 Å². The molecule has 0 unspecified atom stereocenters. The van der Waals surface area contributed by atoms with Crippen molar-refractivity contribution in [3.8, 4) is 6.07 Å². The van der Waals surface area contributed by atoms with Crippen molar-refractivity contribution in [1.82, 2.24) is 24.7 Å². The van der Waals surface area contributed by atoms with Gasteiger partial charge in [0, 0.05) is 75.5 Å². The van der Waals surface area contributed by atoms with Gasteiger partial charge in [0.1, 0.15) is 23.1 Å². The summed E-state index contributed by atoms with van der Waals surface area (Å²) in [6.45, 7) is 22.8. The minimum absolute atomic E-state index is 0.111. The van der Waals surface area contributed by atoms with Crippen LogP contribution in [-0.2, 0) is 19.0 Å². The van der Waals surface area contributed by atoms with E-state index in [0.29, 0.717) is 36.2 Å². The second kappa shape index (κ2) is 31.1. The first-order valence-electron chi connectivity index (χ1n) is 20.4. The van der Waals surface area contributed by atoms with Crippen LogP contribution in [0.15, 0.2) is 25.9 Å². The van der Waals surface area contributed by atoms with E-state index in [2.05, 4.69) is 50.7 Å². The van der Waals surface area contributed by atoms with Crippen LogP contribution in [0.4, 0.5) is 14.4 Å². The van der Waals surface area contributed by atoms with Gasteiger partial charge in [-0.1, -0.05) is 12.2 Å². The van der Waals surface area contributed by atoms with Crippen LogP contribution in [0.1, 0.15) is 130 Å². The van der Waals surface area contributed by atoms with Gasteiger partial charge in [0.25, 0.3) is 0 Å². The number of hydrogen-bond donors (Lipinski definition) is 2. The number of nitrogens with two attached hydrogens (primary N) is 1. The molecule has 3 saturated heterocycles. The fraction of sp³-hybridized carbons (Fsp3) is 0.707. The van der Waals surface area contributed by atoms with Gasteiger partial charge in [0.2, 0.25) is 0 Å². The monoisotopic (exact) mass is 1040 g/mol. The molecule has 3 amide bonds. The van der Waals surface area contributed by atoms with Crippen molar-refractivity contribution in [3.05, 3.63) is 31.6 Å². The Labute approximate surface area is 408 Å². The molecular weight excluding hydrogens is 971 g/mol. The number of carbonyl (C=O) groups excluding carboxylic acids is 4. The van der Waals surface area contributed by atoms with E-state index in [9.17, 15) is 14.4 Å². The summed E-state index contributed by atoms with van der Waals surface area (Å²) in [7, 11) is 4.34. The molecule has 2 aromatic rings. The van der Waals surface area contributed by atoms with Gasteiger partial charge in [0.15, 0.2) is 0 Å². The summed E-state index contributed by atoms with van der Waals surface area (Å²) < 4.78 is 19.8. The molecule has 3 aliphatic heterocycles. The Morgan fingerprint density at radius 1 is 0.873 bits per heavy atom. The van der Waals surface area contributed by atoms with E-state index in [1.807, 2.05) is 80.1 Å². The number of thiocarbonyl (C=S) groups is 1. The molecule has 0 bridgehead atoms. The second-order valence-corrected chi connectivity index (χ2v) is 21.5. The number of nitrogens with zero attached hydrogens (tertiary/aromatic N) is 7. The molecule has 0 aliphatic carbocycles. The molecule has 3 aliphatic rings. The Morgan fingerprint density at radius 2 is 1.21 bits per heavy atom. The summed E-state index contributed by atoms with van der Waals surface area (Å²) in [6.07, 6.45) is 9.25. The SMILES string of the molecule is CC#N.CC(C)(C)OC(=O)N1CCC(C(N)=S)CC1.CC(C)(C)OC(=O)N1CCC(c2ncc(Br)s2)CC1.CC(C)(C)OC(=O)N1CCC(c2nccs2)CC1.O=CCCl.[B]=NS. The zero-order valence-corrected chi connectivity index (χ0v) is 44.0. The molecule has 2 aromatic heterocycles. The minimum atomic E-state index is -0.433. The third kappa shape index (κ3) is 27.9.